The number of rotatable bonds is 4. The molecule has 0 radical (unpaired) electrons. The molecule has 1 heterocycles. The summed E-state index contributed by atoms with van der Waals surface area (Å²) in [5.41, 5.74) is 8.77. The zero-order chi connectivity index (χ0) is 16.1. The zero-order valence-electron chi connectivity index (χ0n) is 12.9. The van der Waals surface area contributed by atoms with Crippen molar-refractivity contribution in [1.29, 1.82) is 0 Å². The van der Waals surface area contributed by atoms with Crippen LogP contribution in [-0.2, 0) is 4.79 Å². The second-order valence-corrected chi connectivity index (χ2v) is 6.81. The van der Waals surface area contributed by atoms with Crippen LogP contribution in [0.5, 0.6) is 0 Å². The Morgan fingerprint density at radius 2 is 1.78 bits per heavy atom. The smallest absolute Gasteiger partial charge is 0.237 e. The van der Waals surface area contributed by atoms with Gasteiger partial charge in [-0.3, -0.25) is 4.79 Å². The molecule has 4 N–H and O–H groups in total. The van der Waals surface area contributed by atoms with Crippen LogP contribution in [-0.4, -0.2) is 24.2 Å². The van der Waals surface area contributed by atoms with Gasteiger partial charge in [0.05, 0.1) is 0 Å². The first-order valence-corrected chi connectivity index (χ1v) is 8.85. The Labute approximate surface area is 140 Å². The molecule has 1 fully saturated rings. The Kier molecular flexibility index (Phi) is 5.20. The van der Waals surface area contributed by atoms with Crippen molar-refractivity contribution in [2.75, 3.05) is 17.6 Å². The number of para-hydroxylation sites is 1. The molecule has 2 aromatic rings. The lowest BCUT2D eigenvalue weighted by Gasteiger charge is -2.16. The standard InChI is InChI=1S/C18H21N3OS/c19-12-16-10-11-23-17(18(22)21-16)13-6-8-15(9-7-13)20-14-4-2-1-3-5-14/h1-9,16-17,20H,10-12,19H2,(H,21,22)/t16-,17+/m0/s1. The van der Waals surface area contributed by atoms with Crippen LogP contribution in [0.4, 0.5) is 11.4 Å². The van der Waals surface area contributed by atoms with Crippen molar-refractivity contribution in [3.63, 3.8) is 0 Å². The lowest BCUT2D eigenvalue weighted by Crippen LogP contribution is -2.40. The Balaban J connectivity index is 1.70. The molecule has 5 heteroatoms. The molecular weight excluding hydrogens is 306 g/mol. The van der Waals surface area contributed by atoms with Crippen LogP contribution < -0.4 is 16.4 Å². The predicted molar refractivity (Wildman–Crippen MR) is 97.0 cm³/mol. The van der Waals surface area contributed by atoms with Crippen LogP contribution in [0.3, 0.4) is 0 Å². The van der Waals surface area contributed by atoms with Gasteiger partial charge in [-0.1, -0.05) is 30.3 Å². The van der Waals surface area contributed by atoms with E-state index >= 15 is 0 Å². The second-order valence-electron chi connectivity index (χ2n) is 5.59. The van der Waals surface area contributed by atoms with E-state index in [9.17, 15) is 4.79 Å². The Morgan fingerprint density at radius 3 is 2.48 bits per heavy atom. The van der Waals surface area contributed by atoms with Crippen molar-refractivity contribution in [2.45, 2.75) is 17.7 Å². The second kappa shape index (κ2) is 7.53. The lowest BCUT2D eigenvalue weighted by molar-refractivity contribution is -0.121. The maximum Gasteiger partial charge on any atom is 0.237 e. The van der Waals surface area contributed by atoms with Crippen molar-refractivity contribution in [3.05, 3.63) is 60.2 Å². The van der Waals surface area contributed by atoms with Gasteiger partial charge in [-0.2, -0.15) is 0 Å². The topological polar surface area (TPSA) is 67.1 Å². The van der Waals surface area contributed by atoms with Crippen LogP contribution >= 0.6 is 11.8 Å². The van der Waals surface area contributed by atoms with Gasteiger partial charge >= 0.3 is 0 Å². The molecule has 0 aromatic heterocycles. The van der Waals surface area contributed by atoms with Gasteiger partial charge in [0.25, 0.3) is 0 Å². The normalized spacial score (nSPS) is 21.3. The summed E-state index contributed by atoms with van der Waals surface area (Å²) in [6.07, 6.45) is 0.928. The third-order valence-corrected chi connectivity index (χ3v) is 5.19. The maximum atomic E-state index is 12.4. The minimum atomic E-state index is -0.155. The van der Waals surface area contributed by atoms with Crippen molar-refractivity contribution >= 4 is 29.0 Å². The van der Waals surface area contributed by atoms with Gasteiger partial charge in [0.2, 0.25) is 5.91 Å². The number of nitrogens with one attached hydrogen (secondary N) is 2. The van der Waals surface area contributed by atoms with E-state index in [0.717, 1.165) is 29.1 Å². The summed E-state index contributed by atoms with van der Waals surface area (Å²) in [5.74, 6) is 1.00. The molecule has 3 rings (SSSR count). The number of hydrogen-bond acceptors (Lipinski definition) is 4. The average Bonchev–Trinajstić information content (AvgIpc) is 2.78. The molecule has 2 aromatic carbocycles. The Bertz CT molecular complexity index is 645. The van der Waals surface area contributed by atoms with E-state index in [1.807, 2.05) is 54.6 Å². The number of anilines is 2. The molecule has 0 bridgehead atoms. The van der Waals surface area contributed by atoms with Crippen molar-refractivity contribution < 1.29 is 4.79 Å². The third-order valence-electron chi connectivity index (χ3n) is 3.90. The lowest BCUT2D eigenvalue weighted by atomic mass is 10.1. The highest BCUT2D eigenvalue weighted by Gasteiger charge is 2.26. The van der Waals surface area contributed by atoms with E-state index in [4.69, 9.17) is 5.73 Å². The van der Waals surface area contributed by atoms with Crippen LogP contribution in [0.25, 0.3) is 0 Å². The molecular formula is C18H21N3OS. The van der Waals surface area contributed by atoms with Crippen LogP contribution in [0.15, 0.2) is 54.6 Å². The van der Waals surface area contributed by atoms with E-state index in [2.05, 4.69) is 10.6 Å². The van der Waals surface area contributed by atoms with Gasteiger partial charge in [-0.15, -0.1) is 11.8 Å². The van der Waals surface area contributed by atoms with E-state index in [1.54, 1.807) is 11.8 Å². The Morgan fingerprint density at radius 1 is 1.09 bits per heavy atom. The van der Waals surface area contributed by atoms with Gasteiger partial charge in [-0.25, -0.2) is 0 Å². The monoisotopic (exact) mass is 327 g/mol. The fourth-order valence-electron chi connectivity index (χ4n) is 2.61. The molecule has 1 aliphatic rings. The number of amides is 1. The molecule has 0 saturated carbocycles. The van der Waals surface area contributed by atoms with Crippen molar-refractivity contribution in [3.8, 4) is 0 Å². The van der Waals surface area contributed by atoms with Gasteiger partial charge in [0.1, 0.15) is 5.25 Å². The summed E-state index contributed by atoms with van der Waals surface area (Å²) >= 11 is 1.69. The number of thioether (sulfide) groups is 1. The summed E-state index contributed by atoms with van der Waals surface area (Å²) in [6, 6.07) is 18.2. The fraction of sp³-hybridized carbons (Fsp3) is 0.278. The highest BCUT2D eigenvalue weighted by molar-refractivity contribution is 8.00. The molecule has 0 unspecified atom stereocenters. The quantitative estimate of drug-likeness (QED) is 0.807. The highest BCUT2D eigenvalue weighted by Crippen LogP contribution is 2.33. The summed E-state index contributed by atoms with van der Waals surface area (Å²) < 4.78 is 0. The Hall–Kier alpha value is -1.98. The van der Waals surface area contributed by atoms with Gasteiger partial charge < -0.3 is 16.4 Å². The van der Waals surface area contributed by atoms with Gasteiger partial charge in [0.15, 0.2) is 0 Å². The SMILES string of the molecule is NC[C@@H]1CCS[C@H](c2ccc(Nc3ccccc3)cc2)C(=O)N1. The van der Waals surface area contributed by atoms with E-state index < -0.39 is 0 Å². The van der Waals surface area contributed by atoms with Crippen LogP contribution in [0.1, 0.15) is 17.2 Å². The molecule has 1 saturated heterocycles. The first-order chi connectivity index (χ1) is 11.3. The van der Waals surface area contributed by atoms with Crippen molar-refractivity contribution in [1.82, 2.24) is 5.32 Å². The summed E-state index contributed by atoms with van der Waals surface area (Å²) in [5, 5.41) is 6.23. The minimum absolute atomic E-state index is 0.0618. The molecule has 0 aliphatic carbocycles. The van der Waals surface area contributed by atoms with Crippen LogP contribution in [0, 0.1) is 0 Å². The van der Waals surface area contributed by atoms with E-state index in [1.165, 1.54) is 0 Å². The molecule has 0 spiro atoms. The average molecular weight is 327 g/mol. The first-order valence-electron chi connectivity index (χ1n) is 7.80. The molecule has 1 amide bonds. The maximum absolute atomic E-state index is 12.4. The number of carbonyl (C=O) groups is 1. The van der Waals surface area contributed by atoms with E-state index in [-0.39, 0.29) is 17.2 Å². The third kappa shape index (κ3) is 4.06. The largest absolute Gasteiger partial charge is 0.356 e. The molecule has 120 valence electrons. The van der Waals surface area contributed by atoms with Crippen LogP contribution in [0.2, 0.25) is 0 Å². The van der Waals surface area contributed by atoms with E-state index in [0.29, 0.717) is 6.54 Å². The fourth-order valence-corrected chi connectivity index (χ4v) is 3.83. The summed E-state index contributed by atoms with van der Waals surface area (Å²) in [6.45, 7) is 0.499. The van der Waals surface area contributed by atoms with Gasteiger partial charge in [0, 0.05) is 24.0 Å². The number of hydrogen-bond donors (Lipinski definition) is 3. The van der Waals surface area contributed by atoms with Crippen molar-refractivity contribution in [2.24, 2.45) is 5.73 Å². The zero-order valence-corrected chi connectivity index (χ0v) is 13.7. The van der Waals surface area contributed by atoms with Gasteiger partial charge in [-0.05, 0) is 42.0 Å². The minimum Gasteiger partial charge on any atom is -0.356 e. The summed E-state index contributed by atoms with van der Waals surface area (Å²) in [4.78, 5) is 12.4. The number of benzene rings is 2. The molecule has 1 aliphatic heterocycles. The first kappa shape index (κ1) is 15.9. The number of nitrogens with two attached hydrogens (primary N) is 1. The number of carbonyl (C=O) groups excluding carboxylic acids is 1. The summed E-state index contributed by atoms with van der Waals surface area (Å²) in [7, 11) is 0. The molecule has 4 nitrogen and oxygen atoms in total. The highest BCUT2D eigenvalue weighted by atomic mass is 32.2. The predicted octanol–water partition coefficient (Wildman–Crippen LogP) is 3.05. The molecule has 2 atom stereocenters. The molecule has 23 heavy (non-hydrogen) atoms.